The van der Waals surface area contributed by atoms with E-state index in [4.69, 9.17) is 0 Å². The first kappa shape index (κ1) is 18.9. The second-order valence-corrected chi connectivity index (χ2v) is 7.49. The molecule has 29 heavy (non-hydrogen) atoms. The van der Waals surface area contributed by atoms with Crippen molar-refractivity contribution in [2.45, 2.75) is 31.7 Å². The fourth-order valence-corrected chi connectivity index (χ4v) is 3.76. The minimum atomic E-state index is -1.12. The molecule has 3 heterocycles. The number of hydrogen-bond acceptors (Lipinski definition) is 5. The summed E-state index contributed by atoms with van der Waals surface area (Å²) < 4.78 is 0. The number of hydrogen-bond donors (Lipinski definition) is 3. The first-order chi connectivity index (χ1) is 14.0. The monoisotopic (exact) mass is 393 g/mol. The van der Waals surface area contributed by atoms with Crippen LogP contribution >= 0.6 is 0 Å². The second-order valence-electron chi connectivity index (χ2n) is 7.49. The number of carbonyl (C=O) groups is 3. The number of benzene rings is 1. The van der Waals surface area contributed by atoms with E-state index in [0.29, 0.717) is 22.6 Å². The van der Waals surface area contributed by atoms with Crippen molar-refractivity contribution in [3.8, 4) is 0 Å². The number of pyridine rings is 1. The lowest BCUT2D eigenvalue weighted by atomic mass is 9.92. The molecular formula is C21H23N5O3. The van der Waals surface area contributed by atoms with Crippen LogP contribution in [0.25, 0.3) is 0 Å². The van der Waals surface area contributed by atoms with Crippen molar-refractivity contribution >= 4 is 29.4 Å². The maximum absolute atomic E-state index is 12.9. The molecule has 1 aromatic heterocycles. The number of rotatable bonds is 4. The predicted molar refractivity (Wildman–Crippen MR) is 109 cm³/mol. The molecule has 8 heteroatoms. The van der Waals surface area contributed by atoms with Gasteiger partial charge in [0.1, 0.15) is 11.4 Å². The van der Waals surface area contributed by atoms with Gasteiger partial charge in [0, 0.05) is 25.0 Å². The van der Waals surface area contributed by atoms with Crippen LogP contribution in [0.3, 0.4) is 0 Å². The molecule has 0 saturated carbocycles. The molecule has 2 aliphatic heterocycles. The number of imide groups is 1. The smallest absolute Gasteiger partial charge is 0.322 e. The summed E-state index contributed by atoms with van der Waals surface area (Å²) in [4.78, 5) is 43.0. The molecule has 3 N–H and O–H groups in total. The van der Waals surface area contributed by atoms with Crippen molar-refractivity contribution in [1.29, 1.82) is 0 Å². The van der Waals surface area contributed by atoms with Crippen LogP contribution in [0.1, 0.15) is 42.1 Å². The Morgan fingerprint density at radius 3 is 2.48 bits per heavy atom. The van der Waals surface area contributed by atoms with Crippen LogP contribution in [-0.2, 0) is 10.3 Å². The predicted octanol–water partition coefficient (Wildman–Crippen LogP) is 2.38. The average molecular weight is 393 g/mol. The normalized spacial score (nSPS) is 21.5. The molecule has 4 rings (SSSR count). The summed E-state index contributed by atoms with van der Waals surface area (Å²) in [6.45, 7) is 3.44. The molecular weight excluding hydrogens is 370 g/mol. The van der Waals surface area contributed by atoms with Crippen molar-refractivity contribution in [3.63, 3.8) is 0 Å². The number of nitrogens with one attached hydrogen (secondary N) is 3. The van der Waals surface area contributed by atoms with E-state index in [0.717, 1.165) is 25.9 Å². The minimum absolute atomic E-state index is 0.232. The highest BCUT2D eigenvalue weighted by Gasteiger charge is 2.43. The van der Waals surface area contributed by atoms with E-state index < -0.39 is 17.5 Å². The van der Waals surface area contributed by atoms with Gasteiger partial charge in [-0.05, 0) is 56.0 Å². The SMILES string of the molecule is C[C@]1(c2ccc(NC(=O)c3cccnc3N3CCCCC3)cc2)NC(=O)NC1=O. The van der Waals surface area contributed by atoms with Crippen LogP contribution in [0.4, 0.5) is 16.3 Å². The highest BCUT2D eigenvalue weighted by atomic mass is 16.2. The van der Waals surface area contributed by atoms with Gasteiger partial charge in [-0.15, -0.1) is 0 Å². The molecule has 0 radical (unpaired) electrons. The standard InChI is InChI=1S/C21H23N5O3/c1-21(19(28)24-20(29)25-21)14-7-9-15(10-8-14)23-18(27)16-6-5-11-22-17(16)26-12-3-2-4-13-26/h5-11H,2-4,12-13H2,1H3,(H,23,27)(H2,24,25,28,29)/t21-/m1/s1. The van der Waals surface area contributed by atoms with E-state index in [1.807, 2.05) is 0 Å². The summed E-state index contributed by atoms with van der Waals surface area (Å²) in [6, 6.07) is 9.89. The van der Waals surface area contributed by atoms with E-state index in [9.17, 15) is 14.4 Å². The number of nitrogens with zero attached hydrogens (tertiary/aromatic N) is 2. The number of urea groups is 1. The number of aromatic nitrogens is 1. The molecule has 1 atom stereocenters. The first-order valence-corrected chi connectivity index (χ1v) is 9.73. The lowest BCUT2D eigenvalue weighted by molar-refractivity contribution is -0.123. The van der Waals surface area contributed by atoms with Crippen molar-refractivity contribution in [2.75, 3.05) is 23.3 Å². The lowest BCUT2D eigenvalue weighted by Gasteiger charge is -2.29. The van der Waals surface area contributed by atoms with Gasteiger partial charge in [-0.2, -0.15) is 0 Å². The quantitative estimate of drug-likeness (QED) is 0.692. The minimum Gasteiger partial charge on any atom is -0.356 e. The van der Waals surface area contributed by atoms with Gasteiger partial charge < -0.3 is 15.5 Å². The molecule has 0 aliphatic carbocycles. The molecule has 1 aromatic carbocycles. The van der Waals surface area contributed by atoms with Gasteiger partial charge >= 0.3 is 6.03 Å². The van der Waals surface area contributed by atoms with Gasteiger partial charge in [0.15, 0.2) is 0 Å². The summed E-state index contributed by atoms with van der Waals surface area (Å²) in [5, 5.41) is 7.76. The van der Waals surface area contributed by atoms with Gasteiger partial charge in [0.05, 0.1) is 5.56 Å². The second kappa shape index (κ2) is 7.54. The zero-order valence-corrected chi connectivity index (χ0v) is 16.2. The van der Waals surface area contributed by atoms with Gasteiger partial charge in [-0.25, -0.2) is 9.78 Å². The van der Waals surface area contributed by atoms with Crippen molar-refractivity contribution in [1.82, 2.24) is 15.6 Å². The Morgan fingerprint density at radius 2 is 1.83 bits per heavy atom. The van der Waals surface area contributed by atoms with E-state index in [1.165, 1.54) is 6.42 Å². The van der Waals surface area contributed by atoms with E-state index >= 15 is 0 Å². The van der Waals surface area contributed by atoms with E-state index in [-0.39, 0.29) is 5.91 Å². The van der Waals surface area contributed by atoms with Crippen molar-refractivity contribution in [2.24, 2.45) is 0 Å². The van der Waals surface area contributed by atoms with Crippen LogP contribution in [0.2, 0.25) is 0 Å². The molecule has 2 saturated heterocycles. The fraction of sp³-hybridized carbons (Fsp3) is 0.333. The highest BCUT2D eigenvalue weighted by Crippen LogP contribution is 2.26. The number of amides is 4. The summed E-state index contributed by atoms with van der Waals surface area (Å²) in [5.74, 6) is 0.0736. The number of anilines is 2. The molecule has 2 fully saturated rings. The average Bonchev–Trinajstić information content (AvgIpc) is 3.01. The Kier molecular flexibility index (Phi) is 4.92. The molecule has 150 valence electrons. The third kappa shape index (κ3) is 3.65. The van der Waals surface area contributed by atoms with Crippen molar-refractivity contribution < 1.29 is 14.4 Å². The Morgan fingerprint density at radius 1 is 1.10 bits per heavy atom. The lowest BCUT2D eigenvalue weighted by Crippen LogP contribution is -2.40. The zero-order valence-electron chi connectivity index (χ0n) is 16.2. The summed E-state index contributed by atoms with van der Waals surface area (Å²) >= 11 is 0. The molecule has 0 unspecified atom stereocenters. The Labute approximate surface area is 168 Å². The van der Waals surface area contributed by atoms with Crippen LogP contribution in [-0.4, -0.2) is 35.9 Å². The van der Waals surface area contributed by atoms with Gasteiger partial charge in [0.2, 0.25) is 0 Å². The molecule has 2 aliphatic rings. The molecule has 0 bridgehead atoms. The molecule has 0 spiro atoms. The van der Waals surface area contributed by atoms with Crippen LogP contribution in [0.5, 0.6) is 0 Å². The Bertz CT molecular complexity index is 953. The maximum Gasteiger partial charge on any atom is 0.322 e. The first-order valence-electron chi connectivity index (χ1n) is 9.73. The Balaban J connectivity index is 1.51. The third-order valence-corrected chi connectivity index (χ3v) is 5.45. The third-order valence-electron chi connectivity index (χ3n) is 5.45. The topological polar surface area (TPSA) is 103 Å². The van der Waals surface area contributed by atoms with Gasteiger partial charge in [-0.1, -0.05) is 12.1 Å². The largest absolute Gasteiger partial charge is 0.356 e. The van der Waals surface area contributed by atoms with Crippen LogP contribution in [0.15, 0.2) is 42.6 Å². The Hall–Kier alpha value is -3.42. The number of piperidine rings is 1. The highest BCUT2D eigenvalue weighted by molar-refractivity contribution is 6.08. The van der Waals surface area contributed by atoms with Gasteiger partial charge in [0.25, 0.3) is 11.8 Å². The summed E-state index contributed by atoms with van der Waals surface area (Å²) in [7, 11) is 0. The van der Waals surface area contributed by atoms with E-state index in [2.05, 4.69) is 25.8 Å². The van der Waals surface area contributed by atoms with Crippen LogP contribution in [0, 0.1) is 0 Å². The molecule has 2 aromatic rings. The maximum atomic E-state index is 12.9. The molecule has 4 amide bonds. The summed E-state index contributed by atoms with van der Waals surface area (Å²) in [5.41, 5.74) is 0.646. The van der Waals surface area contributed by atoms with Crippen LogP contribution < -0.4 is 20.9 Å². The summed E-state index contributed by atoms with van der Waals surface area (Å²) in [6.07, 6.45) is 5.11. The number of carbonyl (C=O) groups excluding carboxylic acids is 3. The molecule has 8 nitrogen and oxygen atoms in total. The van der Waals surface area contributed by atoms with Gasteiger partial charge in [-0.3, -0.25) is 14.9 Å². The fourth-order valence-electron chi connectivity index (χ4n) is 3.76. The van der Waals surface area contributed by atoms with E-state index in [1.54, 1.807) is 49.5 Å². The van der Waals surface area contributed by atoms with Crippen molar-refractivity contribution in [3.05, 3.63) is 53.7 Å². The zero-order chi connectivity index (χ0) is 20.4.